The first-order valence-electron chi connectivity index (χ1n) is 17.5. The number of benzene rings is 2. The van der Waals surface area contributed by atoms with Crippen molar-refractivity contribution in [1.82, 2.24) is 0 Å². The molecule has 0 unspecified atom stereocenters. The summed E-state index contributed by atoms with van der Waals surface area (Å²) in [5.41, 5.74) is 12.9. The Kier molecular flexibility index (Phi) is 9.81. The van der Waals surface area contributed by atoms with Crippen LogP contribution in [-0.2, 0) is 32.5 Å². The van der Waals surface area contributed by atoms with Crippen molar-refractivity contribution in [3.63, 3.8) is 0 Å². The zero-order valence-corrected chi connectivity index (χ0v) is 35.7. The van der Waals surface area contributed by atoms with Gasteiger partial charge in [-0.15, -0.1) is 0 Å². The first kappa shape index (κ1) is 38.4. The molecule has 252 valence electrons. The maximum absolute atomic E-state index is 2.65. The van der Waals surface area contributed by atoms with Gasteiger partial charge in [0.1, 0.15) is 10.1 Å². The largest absolute Gasteiger partial charge is 0.126 e. The lowest BCUT2D eigenvalue weighted by atomic mass is 9.72. The molecule has 3 rings (SSSR count). The minimum Gasteiger partial charge on any atom is -0.0561 e. The fourth-order valence-electron chi connectivity index (χ4n) is 6.80. The van der Waals surface area contributed by atoms with Crippen LogP contribution in [0.5, 0.6) is 0 Å². The van der Waals surface area contributed by atoms with Crippen molar-refractivity contribution in [3.05, 3.63) is 68.8 Å². The Balaban J connectivity index is 2.77. The molecule has 0 amide bonds. The quantitative estimate of drug-likeness (QED) is 0.284. The molecule has 0 saturated heterocycles. The van der Waals surface area contributed by atoms with Gasteiger partial charge in [0.25, 0.3) is 0 Å². The van der Waals surface area contributed by atoms with E-state index in [0.29, 0.717) is 0 Å². The summed E-state index contributed by atoms with van der Waals surface area (Å²) in [6, 6.07) is 10.4. The van der Waals surface area contributed by atoms with Gasteiger partial charge in [0, 0.05) is 16.3 Å². The number of rotatable bonds is 2. The van der Waals surface area contributed by atoms with Gasteiger partial charge >= 0.3 is 0 Å². The van der Waals surface area contributed by atoms with E-state index in [2.05, 4.69) is 176 Å². The summed E-state index contributed by atoms with van der Waals surface area (Å²) in [5, 5.41) is 3.82. The van der Waals surface area contributed by atoms with Gasteiger partial charge < -0.3 is 0 Å². The topological polar surface area (TPSA) is 0 Å². The van der Waals surface area contributed by atoms with Crippen LogP contribution in [0.2, 0.25) is 0 Å². The lowest BCUT2D eigenvalue weighted by molar-refractivity contribution is 0.546. The van der Waals surface area contributed by atoms with Gasteiger partial charge in [-0.3, -0.25) is 0 Å². The summed E-state index contributed by atoms with van der Waals surface area (Å²) in [5.74, 6) is 0. The molecule has 1 heterocycles. The molecule has 1 aliphatic rings. The Morgan fingerprint density at radius 3 is 0.756 bits per heavy atom. The zero-order valence-electron chi connectivity index (χ0n) is 33.8. The molecule has 2 aromatic rings. The van der Waals surface area contributed by atoms with E-state index in [1.54, 1.807) is 33.4 Å². The Hall–Kier alpha value is -1.09. The van der Waals surface area contributed by atoms with Gasteiger partial charge in [-0.05, 0) is 73.0 Å². The zero-order chi connectivity index (χ0) is 35.3. The van der Waals surface area contributed by atoms with Crippen molar-refractivity contribution >= 4 is 25.2 Å². The standard InChI is InChI=1S/C43H70P2/c1-37(2,3)27-23-29(39(7,8)9)33(30(24-27)40(10,11)12)35-44(22)36(45(35)43(19,20)21)34-31(41(13,14)15)25-28(38(4,5)6)26-32(34)42(16,17)18/h23-26H,1-22H3/p+1. The average molecular weight is 650 g/mol. The average Bonchev–Trinajstić information content (AvgIpc) is 2.77. The SMILES string of the molecule is C[PH+]1C(c2c(C(C)(C)C)cc(C(C)(C)C)cc2C(C)(C)C)=P(C(C)(C)C)=C1c1c(C(C)(C)C)cc(C(C)(C)C)cc1C(C)(C)C. The van der Waals surface area contributed by atoms with Crippen molar-refractivity contribution in [1.29, 1.82) is 0 Å². The molecular weight excluding hydrogens is 578 g/mol. The first-order valence-corrected chi connectivity index (χ1v) is 20.8. The molecule has 0 N–H and O–H groups in total. The Bertz CT molecular complexity index is 1370. The van der Waals surface area contributed by atoms with Gasteiger partial charge in [0.05, 0.1) is 14.6 Å². The molecule has 0 bridgehead atoms. The van der Waals surface area contributed by atoms with Gasteiger partial charge in [-0.1, -0.05) is 170 Å². The fourth-order valence-corrected chi connectivity index (χ4v) is 16.1. The highest BCUT2D eigenvalue weighted by atomic mass is 31.2. The van der Waals surface area contributed by atoms with Crippen LogP contribution in [-0.4, -0.2) is 21.9 Å². The lowest BCUT2D eigenvalue weighted by Crippen LogP contribution is -2.32. The van der Waals surface area contributed by atoms with Crippen LogP contribution in [0, 0.1) is 0 Å². The highest BCUT2D eigenvalue weighted by molar-refractivity contribution is 8.15. The van der Waals surface area contributed by atoms with Crippen LogP contribution in [0.1, 0.15) is 190 Å². The van der Waals surface area contributed by atoms with Gasteiger partial charge in [0.15, 0.2) is 0 Å². The number of hydrogen-bond acceptors (Lipinski definition) is 0. The summed E-state index contributed by atoms with van der Waals surface area (Å²) in [6.07, 6.45) is 0. The molecule has 0 aromatic heterocycles. The van der Waals surface area contributed by atoms with E-state index < -0.39 is 15.1 Å². The third-order valence-electron chi connectivity index (χ3n) is 9.54. The molecule has 1 aliphatic heterocycles. The van der Waals surface area contributed by atoms with Gasteiger partial charge in [0.2, 0.25) is 0 Å². The molecular formula is C43H71P2+. The Labute approximate surface area is 282 Å². The number of hydrogen-bond donors (Lipinski definition) is 0. The van der Waals surface area contributed by atoms with E-state index in [-0.39, 0.29) is 37.6 Å². The minimum absolute atomic E-state index is 0.0574. The van der Waals surface area contributed by atoms with Crippen LogP contribution in [0.4, 0.5) is 0 Å². The van der Waals surface area contributed by atoms with Crippen LogP contribution in [0.3, 0.4) is 0 Å². The van der Waals surface area contributed by atoms with Crippen LogP contribution >= 0.6 is 15.1 Å². The second-order valence-electron chi connectivity index (χ2n) is 21.2. The molecule has 0 spiro atoms. The van der Waals surface area contributed by atoms with Crippen molar-refractivity contribution in [2.75, 3.05) is 6.66 Å². The van der Waals surface area contributed by atoms with Crippen molar-refractivity contribution in [2.45, 2.75) is 183 Å². The van der Waals surface area contributed by atoms with Gasteiger partial charge in [-0.25, -0.2) is 0 Å². The smallest absolute Gasteiger partial charge is 0.0561 e. The van der Waals surface area contributed by atoms with Crippen LogP contribution in [0.15, 0.2) is 24.3 Å². The molecule has 2 aromatic carbocycles. The summed E-state index contributed by atoms with van der Waals surface area (Å²) in [4.78, 5) is 0. The Morgan fingerprint density at radius 2 is 0.600 bits per heavy atom. The highest BCUT2D eigenvalue weighted by Gasteiger charge is 2.48. The maximum atomic E-state index is 2.65. The molecule has 2 heteroatoms. The van der Waals surface area contributed by atoms with Crippen LogP contribution in [0.25, 0.3) is 0 Å². The molecule has 0 radical (unpaired) electrons. The van der Waals surface area contributed by atoms with E-state index in [9.17, 15) is 0 Å². The summed E-state index contributed by atoms with van der Waals surface area (Å²) < 4.78 is 0. The van der Waals surface area contributed by atoms with E-state index >= 15 is 0 Å². The maximum Gasteiger partial charge on any atom is 0.126 e. The second-order valence-corrected chi connectivity index (χ2v) is 27.2. The summed E-state index contributed by atoms with van der Waals surface area (Å²) >= 11 is 0. The molecule has 0 nitrogen and oxygen atoms in total. The molecule has 45 heavy (non-hydrogen) atoms. The van der Waals surface area contributed by atoms with Crippen molar-refractivity contribution in [2.24, 2.45) is 0 Å². The second kappa shape index (κ2) is 11.5. The molecule has 0 saturated carbocycles. The Morgan fingerprint density at radius 1 is 0.378 bits per heavy atom. The monoisotopic (exact) mass is 650 g/mol. The summed E-state index contributed by atoms with van der Waals surface area (Å²) in [7, 11) is -1.47. The molecule has 0 atom stereocenters. The summed E-state index contributed by atoms with van der Waals surface area (Å²) in [6.45, 7) is 53.8. The third-order valence-corrected chi connectivity index (χ3v) is 17.5. The lowest BCUT2D eigenvalue weighted by Gasteiger charge is -2.40. The van der Waals surface area contributed by atoms with Crippen molar-refractivity contribution < 1.29 is 0 Å². The van der Waals surface area contributed by atoms with E-state index in [0.717, 1.165) is 0 Å². The van der Waals surface area contributed by atoms with Gasteiger partial charge in [-0.2, -0.15) is 0 Å². The predicted molar refractivity (Wildman–Crippen MR) is 214 cm³/mol. The fraction of sp³-hybridized carbons (Fsp3) is 0.674. The van der Waals surface area contributed by atoms with Crippen LogP contribution < -0.4 is 0 Å². The normalized spacial score (nSPS) is 18.4. The first-order chi connectivity index (χ1) is 19.7. The van der Waals surface area contributed by atoms with E-state index in [1.165, 1.54) is 11.1 Å². The van der Waals surface area contributed by atoms with E-state index in [1.807, 2.05) is 10.1 Å². The molecule has 0 aliphatic carbocycles. The van der Waals surface area contributed by atoms with Crippen molar-refractivity contribution in [3.8, 4) is 0 Å². The minimum atomic E-state index is -0.965. The third kappa shape index (κ3) is 7.65. The molecule has 0 fully saturated rings. The van der Waals surface area contributed by atoms with E-state index in [4.69, 9.17) is 0 Å². The predicted octanol–water partition coefficient (Wildman–Crippen LogP) is 13.3. The highest BCUT2D eigenvalue weighted by Crippen LogP contribution is 2.65.